The first-order valence-corrected chi connectivity index (χ1v) is 7.93. The highest BCUT2D eigenvalue weighted by atomic mass is 16.5. The van der Waals surface area contributed by atoms with Gasteiger partial charge in [0, 0.05) is 19.6 Å². The number of phenols is 1. The molecule has 1 saturated heterocycles. The third-order valence-corrected chi connectivity index (χ3v) is 3.96. The van der Waals surface area contributed by atoms with Crippen molar-refractivity contribution in [2.75, 3.05) is 54.1 Å². The van der Waals surface area contributed by atoms with E-state index in [0.29, 0.717) is 5.75 Å². The van der Waals surface area contributed by atoms with Gasteiger partial charge in [-0.1, -0.05) is 6.07 Å². The van der Waals surface area contributed by atoms with Gasteiger partial charge in [0.1, 0.15) is 0 Å². The van der Waals surface area contributed by atoms with E-state index in [9.17, 15) is 5.11 Å². The van der Waals surface area contributed by atoms with Crippen LogP contribution in [0.3, 0.4) is 0 Å². The normalized spacial score (nSPS) is 16.2. The van der Waals surface area contributed by atoms with Crippen LogP contribution in [0, 0.1) is 0 Å². The Kier molecular flexibility index (Phi) is 6.49. The van der Waals surface area contributed by atoms with Gasteiger partial charge in [0.05, 0.1) is 20.3 Å². The fourth-order valence-corrected chi connectivity index (χ4v) is 2.85. The minimum Gasteiger partial charge on any atom is -0.504 e. The summed E-state index contributed by atoms with van der Waals surface area (Å²) in [6.45, 7) is 5.57. The van der Waals surface area contributed by atoms with Crippen LogP contribution >= 0.6 is 0 Å². The minimum atomic E-state index is 0.284. The average Bonchev–Trinajstić information content (AvgIpc) is 2.50. The van der Waals surface area contributed by atoms with E-state index in [1.807, 2.05) is 20.2 Å². The lowest BCUT2D eigenvalue weighted by Crippen LogP contribution is -2.36. The molecule has 5 heteroatoms. The number of methoxy groups -OCH3 is 1. The Hall–Kier alpha value is -1.30. The van der Waals surface area contributed by atoms with Crippen molar-refractivity contribution in [1.82, 2.24) is 9.80 Å². The predicted molar refractivity (Wildman–Crippen MR) is 87.6 cm³/mol. The lowest BCUT2D eigenvalue weighted by molar-refractivity contribution is 0.0374. The molecule has 5 nitrogen and oxygen atoms in total. The van der Waals surface area contributed by atoms with Crippen molar-refractivity contribution < 1.29 is 14.6 Å². The second-order valence-corrected chi connectivity index (χ2v) is 6.10. The molecule has 1 fully saturated rings. The average molecular weight is 308 g/mol. The number of nitrogens with zero attached hydrogens (tertiary/aromatic N) is 2. The van der Waals surface area contributed by atoms with Crippen molar-refractivity contribution >= 4 is 0 Å². The SMILES string of the molecule is COc1cc(CN(C)C)cc(CCCN2CCOCC2)c1O. The lowest BCUT2D eigenvalue weighted by atomic mass is 10.0. The molecule has 1 heterocycles. The first-order chi connectivity index (χ1) is 10.6. The van der Waals surface area contributed by atoms with Gasteiger partial charge < -0.3 is 19.5 Å². The van der Waals surface area contributed by atoms with Crippen molar-refractivity contribution in [3.8, 4) is 11.5 Å². The molecule has 0 aliphatic carbocycles. The first kappa shape index (κ1) is 17.1. The van der Waals surface area contributed by atoms with Crippen LogP contribution in [0.2, 0.25) is 0 Å². The zero-order valence-corrected chi connectivity index (χ0v) is 14.0. The molecule has 1 aromatic carbocycles. The summed E-state index contributed by atoms with van der Waals surface area (Å²) in [5.74, 6) is 0.854. The summed E-state index contributed by atoms with van der Waals surface area (Å²) in [5.41, 5.74) is 2.14. The Balaban J connectivity index is 1.98. The van der Waals surface area contributed by atoms with Crippen LogP contribution in [-0.2, 0) is 17.7 Å². The van der Waals surface area contributed by atoms with Gasteiger partial charge in [-0.05, 0) is 50.7 Å². The van der Waals surface area contributed by atoms with Crippen LogP contribution in [0.5, 0.6) is 11.5 Å². The van der Waals surface area contributed by atoms with E-state index in [1.165, 1.54) is 5.56 Å². The van der Waals surface area contributed by atoms with Crippen molar-refractivity contribution in [2.45, 2.75) is 19.4 Å². The Morgan fingerprint density at radius 3 is 2.64 bits per heavy atom. The summed E-state index contributed by atoms with van der Waals surface area (Å²) in [6, 6.07) is 4.01. The van der Waals surface area contributed by atoms with E-state index in [1.54, 1.807) is 7.11 Å². The summed E-state index contributed by atoms with van der Waals surface area (Å²) in [5, 5.41) is 10.3. The quantitative estimate of drug-likeness (QED) is 0.831. The molecule has 0 bridgehead atoms. The molecule has 124 valence electrons. The molecule has 1 aliphatic heterocycles. The highest BCUT2D eigenvalue weighted by Crippen LogP contribution is 2.32. The molecule has 1 N–H and O–H groups in total. The standard InChI is InChI=1S/C17H28N2O3/c1-18(2)13-14-11-15(17(20)16(12-14)21-3)5-4-6-19-7-9-22-10-8-19/h11-12,20H,4-10,13H2,1-3H3. The van der Waals surface area contributed by atoms with Gasteiger partial charge in [0.25, 0.3) is 0 Å². The maximum atomic E-state index is 10.3. The summed E-state index contributed by atoms with van der Waals surface area (Å²) in [4.78, 5) is 4.53. The molecule has 1 aliphatic rings. The van der Waals surface area contributed by atoms with Crippen LogP contribution in [0.4, 0.5) is 0 Å². The van der Waals surface area contributed by atoms with Gasteiger partial charge >= 0.3 is 0 Å². The molecular weight excluding hydrogens is 280 g/mol. The summed E-state index contributed by atoms with van der Waals surface area (Å²) >= 11 is 0. The third kappa shape index (κ3) is 4.87. The largest absolute Gasteiger partial charge is 0.504 e. The van der Waals surface area contributed by atoms with Crippen molar-refractivity contribution in [2.24, 2.45) is 0 Å². The second-order valence-electron chi connectivity index (χ2n) is 6.10. The molecular formula is C17H28N2O3. The zero-order valence-electron chi connectivity index (χ0n) is 14.0. The summed E-state index contributed by atoms with van der Waals surface area (Å²) < 4.78 is 10.7. The topological polar surface area (TPSA) is 45.2 Å². The number of benzene rings is 1. The molecule has 0 amide bonds. The van der Waals surface area contributed by atoms with Gasteiger partial charge in [-0.15, -0.1) is 0 Å². The lowest BCUT2D eigenvalue weighted by Gasteiger charge is -2.26. The van der Waals surface area contributed by atoms with E-state index in [0.717, 1.165) is 57.8 Å². The number of morpholine rings is 1. The molecule has 2 rings (SSSR count). The monoisotopic (exact) mass is 308 g/mol. The Morgan fingerprint density at radius 2 is 2.00 bits per heavy atom. The number of hydrogen-bond donors (Lipinski definition) is 1. The number of aryl methyl sites for hydroxylation is 1. The number of phenolic OH excluding ortho intramolecular Hbond substituents is 1. The fourth-order valence-electron chi connectivity index (χ4n) is 2.85. The highest BCUT2D eigenvalue weighted by molar-refractivity contribution is 5.48. The van der Waals surface area contributed by atoms with Gasteiger partial charge in [0.2, 0.25) is 0 Å². The van der Waals surface area contributed by atoms with Gasteiger partial charge in [0.15, 0.2) is 11.5 Å². The zero-order chi connectivity index (χ0) is 15.9. The number of hydrogen-bond acceptors (Lipinski definition) is 5. The molecule has 0 aromatic heterocycles. The molecule has 0 saturated carbocycles. The summed E-state index contributed by atoms with van der Waals surface area (Å²) in [7, 11) is 5.68. The number of rotatable bonds is 7. The fraction of sp³-hybridized carbons (Fsp3) is 0.647. The van der Waals surface area contributed by atoms with Crippen LogP contribution in [0.25, 0.3) is 0 Å². The molecule has 1 aromatic rings. The molecule has 22 heavy (non-hydrogen) atoms. The molecule has 0 spiro atoms. The maximum Gasteiger partial charge on any atom is 0.161 e. The van der Waals surface area contributed by atoms with E-state index >= 15 is 0 Å². The van der Waals surface area contributed by atoms with Crippen molar-refractivity contribution in [3.63, 3.8) is 0 Å². The van der Waals surface area contributed by atoms with E-state index < -0.39 is 0 Å². The highest BCUT2D eigenvalue weighted by Gasteiger charge is 2.13. The van der Waals surface area contributed by atoms with Crippen LogP contribution in [0.1, 0.15) is 17.5 Å². The van der Waals surface area contributed by atoms with E-state index in [4.69, 9.17) is 9.47 Å². The molecule has 0 unspecified atom stereocenters. The smallest absolute Gasteiger partial charge is 0.161 e. The van der Waals surface area contributed by atoms with Crippen molar-refractivity contribution in [3.05, 3.63) is 23.3 Å². The predicted octanol–water partition coefficient (Wildman–Crippen LogP) is 1.73. The van der Waals surface area contributed by atoms with Crippen LogP contribution in [0.15, 0.2) is 12.1 Å². The number of aromatic hydroxyl groups is 1. The van der Waals surface area contributed by atoms with Gasteiger partial charge in [-0.3, -0.25) is 4.90 Å². The van der Waals surface area contributed by atoms with E-state index in [-0.39, 0.29) is 5.75 Å². The second kappa shape index (κ2) is 8.36. The maximum absolute atomic E-state index is 10.3. The first-order valence-electron chi connectivity index (χ1n) is 7.93. The Labute approximate surface area is 133 Å². The van der Waals surface area contributed by atoms with Gasteiger partial charge in [-0.25, -0.2) is 0 Å². The van der Waals surface area contributed by atoms with E-state index in [2.05, 4.69) is 15.9 Å². The molecule has 0 radical (unpaired) electrons. The molecule has 0 atom stereocenters. The van der Waals surface area contributed by atoms with Crippen LogP contribution < -0.4 is 4.74 Å². The summed E-state index contributed by atoms with van der Waals surface area (Å²) in [6.07, 6.45) is 1.89. The third-order valence-electron chi connectivity index (χ3n) is 3.96. The van der Waals surface area contributed by atoms with Crippen molar-refractivity contribution in [1.29, 1.82) is 0 Å². The Bertz CT molecular complexity index is 471. The Morgan fingerprint density at radius 1 is 1.27 bits per heavy atom. The van der Waals surface area contributed by atoms with Gasteiger partial charge in [-0.2, -0.15) is 0 Å². The van der Waals surface area contributed by atoms with Crippen LogP contribution in [-0.4, -0.2) is 69.0 Å². The number of ether oxygens (including phenoxy) is 2. The minimum absolute atomic E-state index is 0.284.